The first-order valence-corrected chi connectivity index (χ1v) is 8.91. The van der Waals surface area contributed by atoms with Crippen LogP contribution in [-0.4, -0.2) is 38.8 Å². The van der Waals surface area contributed by atoms with E-state index in [9.17, 15) is 13.2 Å². The van der Waals surface area contributed by atoms with Crippen LogP contribution in [0.2, 0.25) is 0 Å². The van der Waals surface area contributed by atoms with Crippen molar-refractivity contribution in [2.75, 3.05) is 25.5 Å². The Balaban J connectivity index is 2.34. The fourth-order valence-electron chi connectivity index (χ4n) is 2.44. The molecule has 0 aliphatic carbocycles. The van der Waals surface area contributed by atoms with E-state index in [1.807, 2.05) is 0 Å². The van der Waals surface area contributed by atoms with Crippen molar-refractivity contribution >= 4 is 21.6 Å². The second kappa shape index (κ2) is 7.11. The van der Waals surface area contributed by atoms with Crippen LogP contribution in [0.25, 0.3) is 0 Å². The van der Waals surface area contributed by atoms with Gasteiger partial charge >= 0.3 is 0 Å². The number of carbonyl (C=O) groups is 1. The average molecular weight is 326 g/mol. The molecule has 0 radical (unpaired) electrons. The number of nitrogens with zero attached hydrogens (tertiary/aromatic N) is 1. The number of piperidine rings is 1. The van der Waals surface area contributed by atoms with E-state index in [0.717, 1.165) is 19.3 Å². The van der Waals surface area contributed by atoms with Crippen molar-refractivity contribution in [1.82, 2.24) is 4.31 Å². The van der Waals surface area contributed by atoms with Crippen molar-refractivity contribution in [3.63, 3.8) is 0 Å². The maximum absolute atomic E-state index is 12.7. The molecule has 0 saturated carbocycles. The molecule has 22 heavy (non-hydrogen) atoms. The molecule has 2 rings (SSSR count). The Labute approximate surface area is 131 Å². The number of benzene rings is 1. The number of nitrogens with one attached hydrogen (secondary N) is 1. The Morgan fingerprint density at radius 1 is 1.27 bits per heavy atom. The smallest absolute Gasteiger partial charge is 0.243 e. The molecule has 0 aromatic heterocycles. The molecule has 1 saturated heterocycles. The van der Waals surface area contributed by atoms with Crippen molar-refractivity contribution in [1.29, 1.82) is 0 Å². The first kappa shape index (κ1) is 16.8. The number of hydrogen-bond donors (Lipinski definition) is 1. The van der Waals surface area contributed by atoms with Crippen LogP contribution in [0.5, 0.6) is 5.75 Å². The van der Waals surface area contributed by atoms with E-state index >= 15 is 0 Å². The molecule has 0 unspecified atom stereocenters. The average Bonchev–Trinajstić information content (AvgIpc) is 2.55. The molecule has 1 aliphatic heterocycles. The highest BCUT2D eigenvalue weighted by molar-refractivity contribution is 7.89. The molecule has 1 amide bonds. The maximum atomic E-state index is 12.7. The highest BCUT2D eigenvalue weighted by Crippen LogP contribution is 2.30. The lowest BCUT2D eigenvalue weighted by Gasteiger charge is -2.26. The number of carbonyl (C=O) groups excluding carboxylic acids is 1. The molecule has 1 heterocycles. The molecular weight excluding hydrogens is 304 g/mol. The molecular formula is C15H22N2O4S. The van der Waals surface area contributed by atoms with Crippen LogP contribution in [0.1, 0.15) is 32.6 Å². The van der Waals surface area contributed by atoms with E-state index in [4.69, 9.17) is 4.74 Å². The molecule has 1 N–H and O–H groups in total. The third-order valence-electron chi connectivity index (χ3n) is 3.72. The summed E-state index contributed by atoms with van der Waals surface area (Å²) in [4.78, 5) is 11.8. The zero-order valence-corrected chi connectivity index (χ0v) is 13.8. The van der Waals surface area contributed by atoms with Gasteiger partial charge < -0.3 is 10.1 Å². The maximum Gasteiger partial charge on any atom is 0.243 e. The lowest BCUT2D eigenvalue weighted by atomic mass is 10.2. The van der Waals surface area contributed by atoms with Gasteiger partial charge in [0.15, 0.2) is 0 Å². The molecule has 122 valence electrons. The van der Waals surface area contributed by atoms with Crippen LogP contribution in [0.3, 0.4) is 0 Å². The van der Waals surface area contributed by atoms with Crippen molar-refractivity contribution in [2.24, 2.45) is 0 Å². The fourth-order valence-corrected chi connectivity index (χ4v) is 3.98. The molecule has 6 nitrogen and oxygen atoms in total. The van der Waals surface area contributed by atoms with E-state index in [0.29, 0.717) is 30.9 Å². The normalized spacial score (nSPS) is 16.3. The van der Waals surface area contributed by atoms with Crippen molar-refractivity contribution in [2.45, 2.75) is 37.5 Å². The first-order valence-electron chi connectivity index (χ1n) is 7.47. The van der Waals surface area contributed by atoms with E-state index < -0.39 is 10.0 Å². The number of rotatable bonds is 5. The van der Waals surface area contributed by atoms with Gasteiger partial charge in [-0.05, 0) is 31.0 Å². The SMILES string of the molecule is CCC(=O)Nc1cc(S(=O)(=O)N2CCCCC2)ccc1OC. The number of hydrogen-bond acceptors (Lipinski definition) is 4. The summed E-state index contributed by atoms with van der Waals surface area (Å²) in [5, 5.41) is 2.68. The van der Waals surface area contributed by atoms with Gasteiger partial charge in [-0.2, -0.15) is 4.31 Å². The molecule has 1 aromatic rings. The van der Waals surface area contributed by atoms with E-state index in [1.165, 1.54) is 23.5 Å². The molecule has 0 spiro atoms. The van der Waals surface area contributed by atoms with Gasteiger partial charge in [0.2, 0.25) is 15.9 Å². The Hall–Kier alpha value is -1.60. The molecule has 0 atom stereocenters. The van der Waals surface area contributed by atoms with Crippen LogP contribution in [0.4, 0.5) is 5.69 Å². The minimum Gasteiger partial charge on any atom is -0.495 e. The number of methoxy groups -OCH3 is 1. The number of sulfonamides is 1. The minimum atomic E-state index is -3.53. The lowest BCUT2D eigenvalue weighted by molar-refractivity contribution is -0.115. The molecule has 1 aliphatic rings. The van der Waals surface area contributed by atoms with Crippen molar-refractivity contribution < 1.29 is 17.9 Å². The highest BCUT2D eigenvalue weighted by atomic mass is 32.2. The summed E-state index contributed by atoms with van der Waals surface area (Å²) in [7, 11) is -2.04. The van der Waals surface area contributed by atoms with Gasteiger partial charge in [-0.25, -0.2) is 8.42 Å². The lowest BCUT2D eigenvalue weighted by Crippen LogP contribution is -2.35. The molecule has 7 heteroatoms. The summed E-state index contributed by atoms with van der Waals surface area (Å²) in [5.41, 5.74) is 0.382. The monoisotopic (exact) mass is 326 g/mol. The summed E-state index contributed by atoms with van der Waals surface area (Å²) < 4.78 is 32.0. The summed E-state index contributed by atoms with van der Waals surface area (Å²) >= 11 is 0. The molecule has 0 bridgehead atoms. The van der Waals surface area contributed by atoms with E-state index in [2.05, 4.69) is 5.32 Å². The number of anilines is 1. The van der Waals surface area contributed by atoms with Crippen LogP contribution >= 0.6 is 0 Å². The molecule has 1 aromatic carbocycles. The minimum absolute atomic E-state index is 0.182. The van der Waals surface area contributed by atoms with Gasteiger partial charge in [-0.1, -0.05) is 13.3 Å². The quantitative estimate of drug-likeness (QED) is 0.900. The zero-order chi connectivity index (χ0) is 16.2. The van der Waals surface area contributed by atoms with Crippen LogP contribution in [-0.2, 0) is 14.8 Å². The van der Waals surface area contributed by atoms with Gasteiger partial charge in [0.05, 0.1) is 17.7 Å². The van der Waals surface area contributed by atoms with E-state index in [-0.39, 0.29) is 10.8 Å². The summed E-state index contributed by atoms with van der Waals surface area (Å²) in [5.74, 6) is 0.255. The van der Waals surface area contributed by atoms with Crippen molar-refractivity contribution in [3.05, 3.63) is 18.2 Å². The Morgan fingerprint density at radius 3 is 2.55 bits per heavy atom. The standard InChI is InChI=1S/C15H22N2O4S/c1-3-15(18)16-13-11-12(7-8-14(13)21-2)22(19,20)17-9-5-4-6-10-17/h7-8,11H,3-6,9-10H2,1-2H3,(H,16,18). The summed E-state index contributed by atoms with van der Waals surface area (Å²) in [6.07, 6.45) is 3.14. The first-order chi connectivity index (χ1) is 10.5. The molecule has 1 fully saturated rings. The van der Waals surface area contributed by atoms with E-state index in [1.54, 1.807) is 13.0 Å². The summed E-state index contributed by atoms with van der Waals surface area (Å²) in [6, 6.07) is 4.56. The van der Waals surface area contributed by atoms with Crippen LogP contribution in [0, 0.1) is 0 Å². The predicted octanol–water partition coefficient (Wildman–Crippen LogP) is 2.22. The van der Waals surface area contributed by atoms with Crippen molar-refractivity contribution in [3.8, 4) is 5.75 Å². The third kappa shape index (κ3) is 3.59. The van der Waals surface area contributed by atoms with Gasteiger partial charge in [-0.15, -0.1) is 0 Å². The van der Waals surface area contributed by atoms with Crippen LogP contribution < -0.4 is 10.1 Å². The summed E-state index contributed by atoms with van der Waals surface area (Å²) in [6.45, 7) is 2.83. The van der Waals surface area contributed by atoms with Crippen LogP contribution in [0.15, 0.2) is 23.1 Å². The topological polar surface area (TPSA) is 75.7 Å². The van der Waals surface area contributed by atoms with Gasteiger partial charge in [0, 0.05) is 19.5 Å². The Kier molecular flexibility index (Phi) is 5.42. The zero-order valence-electron chi connectivity index (χ0n) is 13.0. The largest absolute Gasteiger partial charge is 0.495 e. The predicted molar refractivity (Wildman–Crippen MR) is 84.5 cm³/mol. The Morgan fingerprint density at radius 2 is 1.95 bits per heavy atom. The highest BCUT2D eigenvalue weighted by Gasteiger charge is 2.26. The third-order valence-corrected chi connectivity index (χ3v) is 5.61. The second-order valence-electron chi connectivity index (χ2n) is 5.23. The number of amides is 1. The van der Waals surface area contributed by atoms with Gasteiger partial charge in [0.1, 0.15) is 5.75 Å². The Bertz CT molecular complexity index is 637. The van der Waals surface area contributed by atoms with Gasteiger partial charge in [0.25, 0.3) is 0 Å². The fraction of sp³-hybridized carbons (Fsp3) is 0.533. The second-order valence-corrected chi connectivity index (χ2v) is 7.17. The number of ether oxygens (including phenoxy) is 1. The van der Waals surface area contributed by atoms with Gasteiger partial charge in [-0.3, -0.25) is 4.79 Å².